The van der Waals surface area contributed by atoms with Crippen LogP contribution < -0.4 is 15.7 Å². The highest BCUT2D eigenvalue weighted by Gasteiger charge is 2.51. The van der Waals surface area contributed by atoms with E-state index >= 15 is 0 Å². The third-order valence-electron chi connectivity index (χ3n) is 6.25. The van der Waals surface area contributed by atoms with Crippen molar-refractivity contribution in [3.05, 3.63) is 60.7 Å². The monoisotopic (exact) mass is 409 g/mol. The minimum absolute atomic E-state index is 0.0455. The fraction of sp³-hybridized carbons (Fsp3) is 0.480. The third kappa shape index (κ3) is 4.34. The SMILES string of the molecule is CC(C)(C)[C@@H]1CC(=O)N[C@H]1CO[Si](c1ccccc1)(c1ccccc1)C(C)(C)C. The molecule has 2 aromatic rings. The van der Waals surface area contributed by atoms with Gasteiger partial charge in [0, 0.05) is 6.42 Å². The highest BCUT2D eigenvalue weighted by molar-refractivity contribution is 6.99. The Morgan fingerprint density at radius 3 is 1.79 bits per heavy atom. The minimum Gasteiger partial charge on any atom is -0.405 e. The number of hydrogen-bond acceptors (Lipinski definition) is 2. The molecule has 0 aromatic heterocycles. The Morgan fingerprint density at radius 1 is 0.897 bits per heavy atom. The molecule has 1 aliphatic heterocycles. The first kappa shape index (κ1) is 21.8. The van der Waals surface area contributed by atoms with Gasteiger partial charge in [-0.25, -0.2) is 0 Å². The highest BCUT2D eigenvalue weighted by atomic mass is 28.4. The summed E-state index contributed by atoms with van der Waals surface area (Å²) in [6, 6.07) is 21.4. The van der Waals surface area contributed by atoms with E-state index in [-0.39, 0.29) is 28.3 Å². The number of benzene rings is 2. The number of hydrogen-bond donors (Lipinski definition) is 1. The number of amides is 1. The van der Waals surface area contributed by atoms with Crippen molar-refractivity contribution in [1.29, 1.82) is 0 Å². The molecule has 156 valence electrons. The van der Waals surface area contributed by atoms with Gasteiger partial charge >= 0.3 is 0 Å². The van der Waals surface area contributed by atoms with E-state index in [0.717, 1.165) is 0 Å². The summed E-state index contributed by atoms with van der Waals surface area (Å²) in [5, 5.41) is 5.68. The molecule has 2 aromatic carbocycles. The molecule has 1 saturated heterocycles. The van der Waals surface area contributed by atoms with E-state index in [9.17, 15) is 4.79 Å². The van der Waals surface area contributed by atoms with Crippen LogP contribution in [0.3, 0.4) is 0 Å². The van der Waals surface area contributed by atoms with E-state index in [1.807, 2.05) is 0 Å². The zero-order chi connectivity index (χ0) is 21.3. The van der Waals surface area contributed by atoms with Crippen molar-refractivity contribution in [2.45, 2.75) is 59.0 Å². The molecular formula is C25H35NO2Si. The van der Waals surface area contributed by atoms with Gasteiger partial charge in [-0.3, -0.25) is 4.79 Å². The Hall–Kier alpha value is -1.91. The molecule has 3 nitrogen and oxygen atoms in total. The first-order chi connectivity index (χ1) is 13.6. The lowest BCUT2D eigenvalue weighted by Gasteiger charge is -2.44. The smallest absolute Gasteiger partial charge is 0.261 e. The molecule has 0 bridgehead atoms. The summed E-state index contributed by atoms with van der Waals surface area (Å²) in [5.74, 6) is 0.411. The van der Waals surface area contributed by atoms with Crippen LogP contribution in [0.25, 0.3) is 0 Å². The Labute approximate surface area is 177 Å². The average Bonchev–Trinajstić information content (AvgIpc) is 3.04. The van der Waals surface area contributed by atoms with Gasteiger partial charge in [0.15, 0.2) is 0 Å². The van der Waals surface area contributed by atoms with Crippen molar-refractivity contribution in [1.82, 2.24) is 5.32 Å². The number of rotatable bonds is 5. The lowest BCUT2D eigenvalue weighted by atomic mass is 9.76. The van der Waals surface area contributed by atoms with Crippen LogP contribution in [0, 0.1) is 11.3 Å². The van der Waals surface area contributed by atoms with E-state index in [2.05, 4.69) is 108 Å². The van der Waals surface area contributed by atoms with Crippen LogP contribution in [0.4, 0.5) is 0 Å². The summed E-state index contributed by atoms with van der Waals surface area (Å²) in [4.78, 5) is 12.2. The first-order valence-electron chi connectivity index (χ1n) is 10.6. The Bertz CT molecular complexity index is 782. The molecule has 0 spiro atoms. The molecule has 0 radical (unpaired) electrons. The lowest BCUT2D eigenvalue weighted by molar-refractivity contribution is -0.119. The quantitative estimate of drug-likeness (QED) is 0.755. The summed E-state index contributed by atoms with van der Waals surface area (Å²) < 4.78 is 7.05. The van der Waals surface area contributed by atoms with Gasteiger partial charge in [0.2, 0.25) is 5.91 Å². The van der Waals surface area contributed by atoms with E-state index in [1.54, 1.807) is 0 Å². The van der Waals surface area contributed by atoms with E-state index < -0.39 is 8.32 Å². The van der Waals surface area contributed by atoms with Crippen molar-refractivity contribution < 1.29 is 9.22 Å². The first-order valence-corrected chi connectivity index (χ1v) is 12.5. The normalized spacial score (nSPS) is 20.6. The zero-order valence-corrected chi connectivity index (χ0v) is 19.7. The fourth-order valence-electron chi connectivity index (χ4n) is 4.75. The molecule has 2 atom stereocenters. The van der Waals surface area contributed by atoms with E-state index in [4.69, 9.17) is 4.43 Å². The van der Waals surface area contributed by atoms with Gasteiger partial charge in [-0.15, -0.1) is 0 Å². The second-order valence-electron chi connectivity index (χ2n) is 10.3. The predicted molar refractivity (Wildman–Crippen MR) is 123 cm³/mol. The topological polar surface area (TPSA) is 38.3 Å². The average molecular weight is 410 g/mol. The van der Waals surface area contributed by atoms with Crippen LogP contribution in [0.5, 0.6) is 0 Å². The van der Waals surface area contributed by atoms with Crippen LogP contribution in [-0.4, -0.2) is 26.9 Å². The molecule has 1 fully saturated rings. The van der Waals surface area contributed by atoms with Crippen molar-refractivity contribution in [3.63, 3.8) is 0 Å². The van der Waals surface area contributed by atoms with Gasteiger partial charge in [0.1, 0.15) is 0 Å². The summed E-state index contributed by atoms with van der Waals surface area (Å²) in [6.45, 7) is 14.0. The maximum Gasteiger partial charge on any atom is 0.261 e. The summed E-state index contributed by atoms with van der Waals surface area (Å²) >= 11 is 0. The van der Waals surface area contributed by atoms with Crippen molar-refractivity contribution in [3.8, 4) is 0 Å². The van der Waals surface area contributed by atoms with Crippen LogP contribution >= 0.6 is 0 Å². The van der Waals surface area contributed by atoms with Crippen molar-refractivity contribution in [2.75, 3.05) is 6.61 Å². The molecule has 29 heavy (non-hydrogen) atoms. The molecule has 1 N–H and O–H groups in total. The predicted octanol–water partition coefficient (Wildman–Crippen LogP) is 4.11. The van der Waals surface area contributed by atoms with Gasteiger partial charge in [-0.2, -0.15) is 0 Å². The van der Waals surface area contributed by atoms with Gasteiger partial charge in [0.25, 0.3) is 8.32 Å². The second kappa shape index (κ2) is 8.08. The molecule has 0 unspecified atom stereocenters. The van der Waals surface area contributed by atoms with Gasteiger partial charge in [-0.1, -0.05) is 102 Å². The Morgan fingerprint density at radius 2 is 1.38 bits per heavy atom. The third-order valence-corrected chi connectivity index (χ3v) is 11.3. The molecule has 1 heterocycles. The Balaban J connectivity index is 2.04. The van der Waals surface area contributed by atoms with Crippen LogP contribution in [-0.2, 0) is 9.22 Å². The number of carbonyl (C=O) groups is 1. The number of carbonyl (C=O) groups excluding carboxylic acids is 1. The molecule has 4 heteroatoms. The van der Waals surface area contributed by atoms with Crippen molar-refractivity contribution >= 4 is 24.6 Å². The molecular weight excluding hydrogens is 374 g/mol. The zero-order valence-electron chi connectivity index (χ0n) is 18.7. The summed E-state index contributed by atoms with van der Waals surface area (Å²) in [5.41, 5.74) is 0.0542. The van der Waals surface area contributed by atoms with Gasteiger partial charge in [0.05, 0.1) is 12.6 Å². The largest absolute Gasteiger partial charge is 0.405 e. The highest BCUT2D eigenvalue weighted by Crippen LogP contribution is 2.39. The fourth-order valence-corrected chi connectivity index (χ4v) is 9.34. The van der Waals surface area contributed by atoms with E-state index in [1.165, 1.54) is 10.4 Å². The van der Waals surface area contributed by atoms with Crippen LogP contribution in [0.15, 0.2) is 60.7 Å². The molecule has 1 amide bonds. The standard InChI is InChI=1S/C25H35NO2Si/c1-24(2,3)21-17-23(27)26-22(21)18-28-29(25(4,5)6,19-13-9-7-10-14-19)20-15-11-8-12-16-20/h7-16,21-22H,17-18H2,1-6H3,(H,26,27)/t21-,22+/m1/s1. The maximum absolute atomic E-state index is 12.2. The molecule has 0 saturated carbocycles. The van der Waals surface area contributed by atoms with Gasteiger partial charge in [-0.05, 0) is 26.7 Å². The number of nitrogens with one attached hydrogen (secondary N) is 1. The lowest BCUT2D eigenvalue weighted by Crippen LogP contribution is -2.67. The summed E-state index contributed by atoms with van der Waals surface area (Å²) in [7, 11) is -2.58. The molecule has 3 rings (SSSR count). The van der Waals surface area contributed by atoms with Crippen LogP contribution in [0.1, 0.15) is 48.0 Å². The molecule has 0 aliphatic carbocycles. The maximum atomic E-state index is 12.2. The Kier molecular flexibility index (Phi) is 6.07. The van der Waals surface area contributed by atoms with Gasteiger partial charge < -0.3 is 9.74 Å². The minimum atomic E-state index is -2.58. The summed E-state index contributed by atoms with van der Waals surface area (Å²) in [6.07, 6.45) is 0.582. The molecule has 1 aliphatic rings. The second-order valence-corrected chi connectivity index (χ2v) is 14.6. The van der Waals surface area contributed by atoms with Crippen molar-refractivity contribution in [2.24, 2.45) is 11.3 Å². The van der Waals surface area contributed by atoms with Crippen LogP contribution in [0.2, 0.25) is 5.04 Å². The van der Waals surface area contributed by atoms with E-state index in [0.29, 0.717) is 13.0 Å².